The minimum absolute atomic E-state index is 0.0279. The summed E-state index contributed by atoms with van der Waals surface area (Å²) in [5.41, 5.74) is 0.602. The standard InChI is InChI=1S/C20H29N3O4S/c1-20(2,3)27-19(25)22-9-7-21(8-10-22)18(24)23-11-12-28-17-6-5-16(26-4)13-15(17)14-23/h5-6,13H,7-12,14H2,1-4H3. The van der Waals surface area contributed by atoms with Crippen LogP contribution >= 0.6 is 11.8 Å². The van der Waals surface area contributed by atoms with Gasteiger partial charge in [0.1, 0.15) is 11.4 Å². The fourth-order valence-corrected chi connectivity index (χ4v) is 4.27. The van der Waals surface area contributed by atoms with Crippen LogP contribution in [-0.2, 0) is 11.3 Å². The molecule has 0 N–H and O–H groups in total. The second-order valence-corrected chi connectivity index (χ2v) is 9.12. The zero-order valence-electron chi connectivity index (χ0n) is 17.1. The smallest absolute Gasteiger partial charge is 0.410 e. The minimum Gasteiger partial charge on any atom is -0.497 e. The van der Waals surface area contributed by atoms with Crippen molar-refractivity contribution in [3.63, 3.8) is 0 Å². The van der Waals surface area contributed by atoms with Crippen LogP contribution in [-0.4, -0.2) is 78.0 Å². The Balaban J connectivity index is 1.59. The number of carbonyl (C=O) groups is 2. The summed E-state index contributed by atoms with van der Waals surface area (Å²) >= 11 is 1.77. The average molecular weight is 408 g/mol. The molecule has 0 aromatic heterocycles. The molecule has 0 radical (unpaired) electrons. The lowest BCUT2D eigenvalue weighted by atomic mass is 10.2. The van der Waals surface area contributed by atoms with Crippen molar-refractivity contribution >= 4 is 23.9 Å². The monoisotopic (exact) mass is 407 g/mol. The highest BCUT2D eigenvalue weighted by molar-refractivity contribution is 7.99. The topological polar surface area (TPSA) is 62.3 Å². The number of benzene rings is 1. The molecule has 1 aromatic rings. The summed E-state index contributed by atoms with van der Waals surface area (Å²) in [7, 11) is 1.65. The Morgan fingerprint density at radius 3 is 2.32 bits per heavy atom. The Labute approximate surface area is 170 Å². The molecule has 8 heteroatoms. The zero-order valence-corrected chi connectivity index (χ0v) is 17.9. The zero-order chi connectivity index (χ0) is 20.3. The van der Waals surface area contributed by atoms with Crippen LogP contribution in [0.3, 0.4) is 0 Å². The Morgan fingerprint density at radius 1 is 1.00 bits per heavy atom. The van der Waals surface area contributed by atoms with Crippen molar-refractivity contribution in [2.75, 3.05) is 45.6 Å². The Bertz CT molecular complexity index is 727. The van der Waals surface area contributed by atoms with E-state index in [1.54, 1.807) is 23.8 Å². The third-order valence-electron chi connectivity index (χ3n) is 4.72. The van der Waals surface area contributed by atoms with E-state index in [1.165, 1.54) is 4.90 Å². The normalized spacial score (nSPS) is 17.6. The second-order valence-electron chi connectivity index (χ2n) is 7.98. The minimum atomic E-state index is -0.512. The van der Waals surface area contributed by atoms with Gasteiger partial charge in [-0.1, -0.05) is 0 Å². The second kappa shape index (κ2) is 8.51. The Kier molecular flexibility index (Phi) is 6.27. The molecule has 7 nitrogen and oxygen atoms in total. The highest BCUT2D eigenvalue weighted by Crippen LogP contribution is 2.30. The number of hydrogen-bond acceptors (Lipinski definition) is 5. The lowest BCUT2D eigenvalue weighted by Gasteiger charge is -2.37. The van der Waals surface area contributed by atoms with Gasteiger partial charge in [0.05, 0.1) is 7.11 Å². The third kappa shape index (κ3) is 5.04. The number of thioether (sulfide) groups is 1. The van der Waals surface area contributed by atoms with Crippen LogP contribution in [0.5, 0.6) is 5.75 Å². The Morgan fingerprint density at radius 2 is 1.68 bits per heavy atom. The summed E-state index contributed by atoms with van der Waals surface area (Å²) in [6, 6.07) is 6.06. The molecule has 2 aliphatic heterocycles. The van der Waals surface area contributed by atoms with E-state index in [2.05, 4.69) is 6.07 Å². The van der Waals surface area contributed by atoms with E-state index in [1.807, 2.05) is 42.7 Å². The third-order valence-corrected chi connectivity index (χ3v) is 5.82. The van der Waals surface area contributed by atoms with Crippen molar-refractivity contribution in [2.45, 2.75) is 37.8 Å². The van der Waals surface area contributed by atoms with Gasteiger partial charge in [0.15, 0.2) is 0 Å². The molecule has 0 bridgehead atoms. The number of rotatable bonds is 1. The number of ether oxygens (including phenoxy) is 2. The van der Waals surface area contributed by atoms with E-state index in [4.69, 9.17) is 9.47 Å². The molecular weight excluding hydrogens is 378 g/mol. The first-order chi connectivity index (χ1) is 13.3. The SMILES string of the molecule is COc1ccc2c(c1)CN(C(=O)N1CCN(C(=O)OC(C)(C)C)CC1)CCS2. The molecule has 0 unspecified atom stereocenters. The fourth-order valence-electron chi connectivity index (χ4n) is 3.27. The molecule has 2 aliphatic rings. The summed E-state index contributed by atoms with van der Waals surface area (Å²) in [5.74, 6) is 1.67. The molecule has 154 valence electrons. The van der Waals surface area contributed by atoms with Crippen molar-refractivity contribution in [3.05, 3.63) is 23.8 Å². The van der Waals surface area contributed by atoms with E-state index >= 15 is 0 Å². The summed E-state index contributed by atoms with van der Waals surface area (Å²) in [5, 5.41) is 0. The molecule has 2 heterocycles. The van der Waals surface area contributed by atoms with E-state index in [9.17, 15) is 9.59 Å². The van der Waals surface area contributed by atoms with Gasteiger partial charge in [0.2, 0.25) is 0 Å². The van der Waals surface area contributed by atoms with Crippen molar-refractivity contribution in [2.24, 2.45) is 0 Å². The first kappa shape index (κ1) is 20.6. The predicted octanol–water partition coefficient (Wildman–Crippen LogP) is 3.28. The van der Waals surface area contributed by atoms with Gasteiger partial charge in [-0.2, -0.15) is 0 Å². The quantitative estimate of drug-likeness (QED) is 0.715. The maximum absolute atomic E-state index is 13.1. The molecular formula is C20H29N3O4S. The summed E-state index contributed by atoms with van der Waals surface area (Å²) in [6.45, 7) is 8.87. The van der Waals surface area contributed by atoms with Crippen LogP contribution in [0, 0.1) is 0 Å². The maximum Gasteiger partial charge on any atom is 0.410 e. The molecule has 0 atom stereocenters. The predicted molar refractivity (Wildman–Crippen MR) is 109 cm³/mol. The van der Waals surface area contributed by atoms with Gasteiger partial charge in [0, 0.05) is 49.9 Å². The Hall–Kier alpha value is -2.09. The van der Waals surface area contributed by atoms with Crippen LogP contribution in [0.25, 0.3) is 0 Å². The number of urea groups is 1. The van der Waals surface area contributed by atoms with Gasteiger partial charge in [0.25, 0.3) is 0 Å². The van der Waals surface area contributed by atoms with Crippen LogP contribution in [0.4, 0.5) is 9.59 Å². The number of methoxy groups -OCH3 is 1. The van der Waals surface area contributed by atoms with Crippen molar-refractivity contribution in [1.82, 2.24) is 14.7 Å². The van der Waals surface area contributed by atoms with Gasteiger partial charge in [-0.15, -0.1) is 11.8 Å². The van der Waals surface area contributed by atoms with E-state index in [-0.39, 0.29) is 12.1 Å². The van der Waals surface area contributed by atoms with Gasteiger partial charge < -0.3 is 24.2 Å². The number of hydrogen-bond donors (Lipinski definition) is 0. The number of nitrogens with zero attached hydrogens (tertiary/aromatic N) is 3. The molecule has 3 amide bonds. The lowest BCUT2D eigenvalue weighted by molar-refractivity contribution is 0.0157. The van der Waals surface area contributed by atoms with Gasteiger partial charge in [-0.25, -0.2) is 9.59 Å². The highest BCUT2D eigenvalue weighted by Gasteiger charge is 2.30. The number of fused-ring (bicyclic) bond motifs is 1. The molecule has 0 aliphatic carbocycles. The summed E-state index contributed by atoms with van der Waals surface area (Å²) in [4.78, 5) is 31.9. The maximum atomic E-state index is 13.1. The van der Waals surface area contributed by atoms with Gasteiger partial charge in [-0.05, 0) is 44.5 Å². The van der Waals surface area contributed by atoms with Crippen LogP contribution in [0.2, 0.25) is 0 Å². The molecule has 0 saturated carbocycles. The van der Waals surface area contributed by atoms with E-state index < -0.39 is 5.60 Å². The van der Waals surface area contributed by atoms with Crippen molar-refractivity contribution in [1.29, 1.82) is 0 Å². The summed E-state index contributed by atoms with van der Waals surface area (Å²) in [6.07, 6.45) is -0.313. The molecule has 1 aromatic carbocycles. The number of carbonyl (C=O) groups excluding carboxylic acids is 2. The molecule has 1 saturated heterocycles. The first-order valence-corrected chi connectivity index (χ1v) is 10.6. The first-order valence-electron chi connectivity index (χ1n) is 9.58. The average Bonchev–Trinajstić information content (AvgIpc) is 2.87. The van der Waals surface area contributed by atoms with Crippen LogP contribution in [0.1, 0.15) is 26.3 Å². The number of amides is 3. The van der Waals surface area contributed by atoms with Gasteiger partial charge in [-0.3, -0.25) is 0 Å². The largest absolute Gasteiger partial charge is 0.497 e. The van der Waals surface area contributed by atoms with Crippen molar-refractivity contribution in [3.8, 4) is 5.75 Å². The van der Waals surface area contributed by atoms with Gasteiger partial charge >= 0.3 is 12.1 Å². The van der Waals surface area contributed by atoms with Crippen molar-refractivity contribution < 1.29 is 19.1 Å². The number of piperazine rings is 1. The fraction of sp³-hybridized carbons (Fsp3) is 0.600. The molecule has 0 spiro atoms. The molecule has 3 rings (SSSR count). The van der Waals surface area contributed by atoms with Crippen LogP contribution < -0.4 is 4.74 Å². The lowest BCUT2D eigenvalue weighted by Crippen LogP contribution is -2.54. The molecule has 1 fully saturated rings. The van der Waals surface area contributed by atoms with E-state index in [0.717, 1.165) is 17.1 Å². The molecule has 28 heavy (non-hydrogen) atoms. The summed E-state index contributed by atoms with van der Waals surface area (Å²) < 4.78 is 10.8. The van der Waals surface area contributed by atoms with Crippen LogP contribution in [0.15, 0.2) is 23.1 Å². The highest BCUT2D eigenvalue weighted by atomic mass is 32.2. The van der Waals surface area contributed by atoms with E-state index in [0.29, 0.717) is 39.3 Å².